The van der Waals surface area contributed by atoms with Crippen LogP contribution in [0.15, 0.2) is 0 Å². The van der Waals surface area contributed by atoms with Gasteiger partial charge in [0.05, 0.1) is 12.0 Å². The normalized spacial score (nSPS) is 21.7. The van der Waals surface area contributed by atoms with Crippen molar-refractivity contribution in [2.45, 2.75) is 32.4 Å². The van der Waals surface area contributed by atoms with Gasteiger partial charge < -0.3 is 24.9 Å². The molecule has 0 radical (unpaired) electrons. The monoisotopic (exact) mass is 229 g/mol. The molecule has 0 aliphatic carbocycles. The van der Waals surface area contributed by atoms with Crippen molar-refractivity contribution in [3.05, 3.63) is 0 Å². The van der Waals surface area contributed by atoms with E-state index in [9.17, 15) is 14.7 Å². The highest BCUT2D eigenvalue weighted by Crippen LogP contribution is 2.11. The van der Waals surface area contributed by atoms with Crippen LogP contribution in [0.5, 0.6) is 0 Å². The van der Waals surface area contributed by atoms with Gasteiger partial charge in [-0.05, 0) is 20.8 Å². The van der Waals surface area contributed by atoms with Gasteiger partial charge in [-0.2, -0.15) is 0 Å². The molecular formula is C10H17N2O4-. The van der Waals surface area contributed by atoms with Crippen molar-refractivity contribution in [1.82, 2.24) is 10.2 Å². The number of hydrogen-bond acceptors (Lipinski definition) is 5. The molecule has 1 N–H and O–H groups in total. The molecule has 6 nitrogen and oxygen atoms in total. The zero-order valence-corrected chi connectivity index (χ0v) is 9.78. The average Bonchev–Trinajstić information content (AvgIpc) is 2.15. The van der Waals surface area contributed by atoms with E-state index >= 15 is 0 Å². The van der Waals surface area contributed by atoms with Crippen molar-refractivity contribution in [2.75, 3.05) is 19.6 Å². The number of ether oxygens (including phenoxy) is 1. The molecule has 0 aromatic heterocycles. The van der Waals surface area contributed by atoms with Crippen LogP contribution in [0.2, 0.25) is 0 Å². The first-order valence-corrected chi connectivity index (χ1v) is 5.22. The standard InChI is InChI=1S/C10H18N2O4/c1-10(2,3)16-9(15)12-5-4-11-7(6-12)8(13)14/h7,11H,4-6H2,1-3H3,(H,13,14)/p-1. The molecule has 1 unspecified atom stereocenters. The number of carbonyl (C=O) groups excluding carboxylic acids is 2. The first-order valence-electron chi connectivity index (χ1n) is 5.22. The van der Waals surface area contributed by atoms with Crippen LogP contribution < -0.4 is 10.4 Å². The maximum atomic E-state index is 11.6. The molecule has 1 fully saturated rings. The van der Waals surface area contributed by atoms with E-state index in [0.29, 0.717) is 13.1 Å². The third-order valence-corrected chi connectivity index (χ3v) is 2.11. The Morgan fingerprint density at radius 3 is 2.56 bits per heavy atom. The van der Waals surface area contributed by atoms with Gasteiger partial charge in [0.2, 0.25) is 0 Å². The lowest BCUT2D eigenvalue weighted by Crippen LogP contribution is -2.59. The highest BCUT2D eigenvalue weighted by Gasteiger charge is 2.27. The van der Waals surface area contributed by atoms with Gasteiger partial charge in [-0.1, -0.05) is 0 Å². The van der Waals surface area contributed by atoms with Crippen LogP contribution in [0.1, 0.15) is 20.8 Å². The molecule has 0 bridgehead atoms. The SMILES string of the molecule is CC(C)(C)OC(=O)N1CCNC(C(=O)[O-])C1. The van der Waals surface area contributed by atoms with Crippen LogP contribution >= 0.6 is 0 Å². The van der Waals surface area contributed by atoms with E-state index in [0.717, 1.165) is 0 Å². The molecule has 0 saturated carbocycles. The summed E-state index contributed by atoms with van der Waals surface area (Å²) in [6, 6.07) is -0.818. The van der Waals surface area contributed by atoms with Gasteiger partial charge in [0.25, 0.3) is 0 Å². The number of amides is 1. The molecular weight excluding hydrogens is 212 g/mol. The molecule has 1 heterocycles. The summed E-state index contributed by atoms with van der Waals surface area (Å²) in [6.07, 6.45) is -0.486. The summed E-state index contributed by atoms with van der Waals surface area (Å²) in [5, 5.41) is 13.4. The predicted octanol–water partition coefficient (Wildman–Crippen LogP) is -1.05. The number of carboxylic acid groups (broad SMARTS) is 1. The minimum Gasteiger partial charge on any atom is -0.548 e. The van der Waals surface area contributed by atoms with E-state index in [4.69, 9.17) is 4.74 Å². The van der Waals surface area contributed by atoms with Crippen molar-refractivity contribution in [2.24, 2.45) is 0 Å². The van der Waals surface area contributed by atoms with Crippen LogP contribution in [0.4, 0.5) is 4.79 Å². The Morgan fingerprint density at radius 2 is 2.06 bits per heavy atom. The molecule has 0 aromatic rings. The van der Waals surface area contributed by atoms with Gasteiger partial charge in [-0.3, -0.25) is 0 Å². The van der Waals surface area contributed by atoms with Crippen molar-refractivity contribution in [1.29, 1.82) is 0 Å². The van der Waals surface area contributed by atoms with Crippen LogP contribution in [-0.2, 0) is 9.53 Å². The molecule has 1 atom stereocenters. The van der Waals surface area contributed by atoms with Crippen molar-refractivity contribution in [3.8, 4) is 0 Å². The number of nitrogens with zero attached hydrogens (tertiary/aromatic N) is 1. The highest BCUT2D eigenvalue weighted by molar-refractivity contribution is 5.74. The Balaban J connectivity index is 2.54. The molecule has 92 valence electrons. The fraction of sp³-hybridized carbons (Fsp3) is 0.800. The molecule has 1 amide bonds. The van der Waals surface area contributed by atoms with Crippen molar-refractivity contribution >= 4 is 12.1 Å². The Bertz CT molecular complexity index is 285. The minimum absolute atomic E-state index is 0.0806. The van der Waals surface area contributed by atoms with Gasteiger partial charge in [0.1, 0.15) is 5.60 Å². The van der Waals surface area contributed by atoms with Gasteiger partial charge in [-0.15, -0.1) is 0 Å². The average molecular weight is 229 g/mol. The Hall–Kier alpha value is -1.30. The Labute approximate surface area is 94.6 Å². The van der Waals surface area contributed by atoms with Gasteiger partial charge in [-0.25, -0.2) is 4.79 Å². The summed E-state index contributed by atoms with van der Waals surface area (Å²) < 4.78 is 5.15. The molecule has 1 saturated heterocycles. The number of aliphatic carboxylic acids is 1. The van der Waals surface area contributed by atoms with E-state index in [1.54, 1.807) is 20.8 Å². The van der Waals surface area contributed by atoms with E-state index in [1.165, 1.54) is 4.90 Å². The van der Waals surface area contributed by atoms with Crippen LogP contribution in [0, 0.1) is 0 Å². The Kier molecular flexibility index (Phi) is 3.74. The number of nitrogens with one attached hydrogen (secondary N) is 1. The van der Waals surface area contributed by atoms with E-state index in [-0.39, 0.29) is 6.54 Å². The molecule has 1 aliphatic rings. The molecule has 1 aliphatic heterocycles. The number of piperazine rings is 1. The lowest BCUT2D eigenvalue weighted by molar-refractivity contribution is -0.309. The second-order valence-corrected chi connectivity index (χ2v) is 4.75. The number of carbonyl (C=O) groups is 2. The maximum absolute atomic E-state index is 11.6. The number of hydrogen-bond donors (Lipinski definition) is 1. The summed E-state index contributed by atoms with van der Waals surface area (Å²) in [6.45, 7) is 6.25. The second kappa shape index (κ2) is 4.69. The number of rotatable bonds is 1. The largest absolute Gasteiger partial charge is 0.548 e. The Morgan fingerprint density at radius 1 is 1.44 bits per heavy atom. The van der Waals surface area contributed by atoms with Crippen LogP contribution in [-0.4, -0.2) is 48.2 Å². The summed E-state index contributed by atoms with van der Waals surface area (Å²) in [7, 11) is 0. The van der Waals surface area contributed by atoms with E-state index in [1.807, 2.05) is 0 Å². The zero-order chi connectivity index (χ0) is 12.3. The summed E-state index contributed by atoms with van der Waals surface area (Å²) >= 11 is 0. The van der Waals surface area contributed by atoms with E-state index < -0.39 is 23.7 Å². The molecule has 16 heavy (non-hydrogen) atoms. The summed E-state index contributed by atoms with van der Waals surface area (Å²) in [5.74, 6) is -1.20. The summed E-state index contributed by atoms with van der Waals surface area (Å²) in [4.78, 5) is 23.7. The van der Waals surface area contributed by atoms with Gasteiger partial charge in [0.15, 0.2) is 0 Å². The minimum atomic E-state index is -1.20. The first kappa shape index (κ1) is 12.8. The highest BCUT2D eigenvalue weighted by atomic mass is 16.6. The predicted molar refractivity (Wildman–Crippen MR) is 54.6 cm³/mol. The fourth-order valence-electron chi connectivity index (χ4n) is 1.40. The number of carboxylic acids is 1. The van der Waals surface area contributed by atoms with Crippen molar-refractivity contribution in [3.63, 3.8) is 0 Å². The third kappa shape index (κ3) is 3.69. The van der Waals surface area contributed by atoms with Crippen molar-refractivity contribution < 1.29 is 19.4 Å². The fourth-order valence-corrected chi connectivity index (χ4v) is 1.40. The lowest BCUT2D eigenvalue weighted by Gasteiger charge is -2.35. The maximum Gasteiger partial charge on any atom is 0.410 e. The molecule has 6 heteroatoms. The topological polar surface area (TPSA) is 81.7 Å². The second-order valence-electron chi connectivity index (χ2n) is 4.75. The molecule has 1 rings (SSSR count). The first-order chi connectivity index (χ1) is 7.29. The van der Waals surface area contributed by atoms with Crippen LogP contribution in [0.3, 0.4) is 0 Å². The lowest BCUT2D eigenvalue weighted by atomic mass is 10.2. The third-order valence-electron chi connectivity index (χ3n) is 2.11. The van der Waals surface area contributed by atoms with Crippen LogP contribution in [0.25, 0.3) is 0 Å². The summed E-state index contributed by atoms with van der Waals surface area (Å²) in [5.41, 5.74) is -0.571. The molecule has 0 aromatic carbocycles. The van der Waals surface area contributed by atoms with Gasteiger partial charge >= 0.3 is 6.09 Å². The van der Waals surface area contributed by atoms with Gasteiger partial charge in [0, 0.05) is 19.6 Å². The zero-order valence-electron chi connectivity index (χ0n) is 9.78. The van der Waals surface area contributed by atoms with E-state index in [2.05, 4.69) is 5.32 Å². The smallest absolute Gasteiger partial charge is 0.410 e. The molecule has 0 spiro atoms. The quantitative estimate of drug-likeness (QED) is 0.620.